The van der Waals surface area contributed by atoms with Crippen LogP contribution in [0.5, 0.6) is 5.75 Å². The van der Waals surface area contributed by atoms with Gasteiger partial charge in [0.15, 0.2) is 0 Å². The second kappa shape index (κ2) is 11.6. The molecule has 192 valence electrons. The van der Waals surface area contributed by atoms with Crippen molar-refractivity contribution in [1.29, 1.82) is 0 Å². The van der Waals surface area contributed by atoms with E-state index in [9.17, 15) is 9.90 Å². The lowest BCUT2D eigenvalue weighted by Gasteiger charge is -2.19. The lowest BCUT2D eigenvalue weighted by atomic mass is 9.87. The third-order valence-electron chi connectivity index (χ3n) is 6.55. The summed E-state index contributed by atoms with van der Waals surface area (Å²) in [7, 11) is 0. The second-order valence-corrected chi connectivity index (χ2v) is 10.3. The number of carbonyl (C=O) groups excluding carboxylic acids is 1. The quantitative estimate of drug-likeness (QED) is 0.345. The Kier molecular flexibility index (Phi) is 8.30. The molecule has 3 N–H and O–H groups in total. The van der Waals surface area contributed by atoms with Gasteiger partial charge in [-0.15, -0.1) is 10.2 Å². The molecule has 9 heteroatoms. The van der Waals surface area contributed by atoms with Crippen LogP contribution in [-0.4, -0.2) is 48.4 Å². The van der Waals surface area contributed by atoms with Crippen molar-refractivity contribution >= 4 is 11.7 Å². The van der Waals surface area contributed by atoms with Crippen LogP contribution in [0.4, 0.5) is 5.82 Å². The summed E-state index contributed by atoms with van der Waals surface area (Å²) in [6.07, 6.45) is 9.91. The molecule has 1 aromatic carbocycles. The van der Waals surface area contributed by atoms with Gasteiger partial charge >= 0.3 is 0 Å². The summed E-state index contributed by atoms with van der Waals surface area (Å²) in [5, 5.41) is 20.9. The number of ether oxygens (including phenoxy) is 1. The Morgan fingerprint density at radius 2 is 1.97 bits per heavy atom. The molecular weight excluding hydrogens is 456 g/mol. The van der Waals surface area contributed by atoms with Crippen molar-refractivity contribution in [1.82, 2.24) is 25.1 Å². The molecule has 0 spiro atoms. The minimum absolute atomic E-state index is 0.179. The van der Waals surface area contributed by atoms with Crippen LogP contribution < -0.4 is 10.1 Å². The van der Waals surface area contributed by atoms with Gasteiger partial charge in [0, 0.05) is 18.1 Å². The number of nitrogens with zero attached hydrogens (tertiary/aromatic N) is 4. The molecule has 1 aliphatic carbocycles. The van der Waals surface area contributed by atoms with Gasteiger partial charge < -0.3 is 20.1 Å². The number of rotatable bonds is 10. The molecule has 0 bridgehead atoms. The van der Waals surface area contributed by atoms with Crippen molar-refractivity contribution in [2.24, 2.45) is 5.92 Å². The van der Waals surface area contributed by atoms with E-state index in [0.29, 0.717) is 30.5 Å². The average molecular weight is 493 g/mol. The number of aromatic nitrogens is 5. The maximum atomic E-state index is 12.8. The molecule has 0 radical (unpaired) electrons. The van der Waals surface area contributed by atoms with Gasteiger partial charge in [0.1, 0.15) is 23.7 Å². The van der Waals surface area contributed by atoms with Crippen LogP contribution in [-0.2, 0) is 6.42 Å². The molecule has 1 saturated carbocycles. The monoisotopic (exact) mass is 492 g/mol. The molecule has 0 unspecified atom stereocenters. The first-order chi connectivity index (χ1) is 17.3. The Labute approximate surface area is 212 Å². The zero-order valence-electron chi connectivity index (χ0n) is 21.4. The number of nitrogens with one attached hydrogen (secondary N) is 2. The van der Waals surface area contributed by atoms with Crippen molar-refractivity contribution in [3.05, 3.63) is 47.8 Å². The fourth-order valence-electron chi connectivity index (χ4n) is 4.57. The SMILES string of the molecule is Cc1ccc(OCCCC(C)(C)O)cc1-c1cc(NC(=O)c2nnc(CC3CCCCC3)[nH]2)ncn1. The molecule has 9 nitrogen and oxygen atoms in total. The summed E-state index contributed by atoms with van der Waals surface area (Å²) < 4.78 is 5.88. The van der Waals surface area contributed by atoms with Crippen LogP contribution in [0, 0.1) is 12.8 Å². The number of hydrogen-bond donors (Lipinski definition) is 3. The van der Waals surface area contributed by atoms with E-state index in [4.69, 9.17) is 4.74 Å². The van der Waals surface area contributed by atoms with Crippen molar-refractivity contribution in [3.63, 3.8) is 0 Å². The van der Waals surface area contributed by atoms with Crippen LogP contribution >= 0.6 is 0 Å². The average Bonchev–Trinajstić information content (AvgIpc) is 3.32. The molecule has 1 amide bonds. The fraction of sp³-hybridized carbons (Fsp3) is 0.519. The minimum Gasteiger partial charge on any atom is -0.494 e. The van der Waals surface area contributed by atoms with E-state index < -0.39 is 5.60 Å². The molecular formula is C27H36N6O3. The van der Waals surface area contributed by atoms with Crippen LogP contribution in [0.15, 0.2) is 30.6 Å². The number of aryl methyl sites for hydroxylation is 1. The van der Waals surface area contributed by atoms with E-state index in [1.165, 1.54) is 38.4 Å². The summed E-state index contributed by atoms with van der Waals surface area (Å²) in [4.78, 5) is 24.4. The topological polar surface area (TPSA) is 126 Å². The summed E-state index contributed by atoms with van der Waals surface area (Å²) in [6, 6.07) is 7.56. The van der Waals surface area contributed by atoms with E-state index in [-0.39, 0.29) is 11.7 Å². The van der Waals surface area contributed by atoms with E-state index in [2.05, 4.69) is 30.5 Å². The van der Waals surface area contributed by atoms with Gasteiger partial charge in [-0.05, 0) is 57.2 Å². The van der Waals surface area contributed by atoms with Gasteiger partial charge in [-0.25, -0.2) is 9.97 Å². The number of hydrogen-bond acceptors (Lipinski definition) is 7. The molecule has 0 saturated heterocycles. The van der Waals surface area contributed by atoms with Gasteiger partial charge in [-0.1, -0.05) is 38.2 Å². The first kappa shape index (κ1) is 25.8. The minimum atomic E-state index is -0.702. The summed E-state index contributed by atoms with van der Waals surface area (Å²) in [5.74, 6) is 2.26. The highest BCUT2D eigenvalue weighted by Gasteiger charge is 2.19. The van der Waals surface area contributed by atoms with Crippen molar-refractivity contribution in [2.45, 2.75) is 77.7 Å². The number of carbonyl (C=O) groups is 1. The highest BCUT2D eigenvalue weighted by atomic mass is 16.5. The lowest BCUT2D eigenvalue weighted by Crippen LogP contribution is -2.19. The Bertz CT molecular complexity index is 1160. The predicted octanol–water partition coefficient (Wildman–Crippen LogP) is 4.88. The van der Waals surface area contributed by atoms with Crippen LogP contribution in [0.3, 0.4) is 0 Å². The smallest absolute Gasteiger partial charge is 0.294 e. The summed E-state index contributed by atoms with van der Waals surface area (Å²) >= 11 is 0. The van der Waals surface area contributed by atoms with E-state index >= 15 is 0 Å². The van der Waals surface area contributed by atoms with Crippen LogP contribution in [0.25, 0.3) is 11.3 Å². The van der Waals surface area contributed by atoms with E-state index in [1.54, 1.807) is 19.9 Å². The van der Waals surface area contributed by atoms with Gasteiger partial charge in [-0.3, -0.25) is 4.79 Å². The summed E-state index contributed by atoms with van der Waals surface area (Å²) in [6.45, 7) is 6.09. The molecule has 0 atom stereocenters. The first-order valence-electron chi connectivity index (χ1n) is 12.8. The molecule has 1 aliphatic rings. The lowest BCUT2D eigenvalue weighted by molar-refractivity contribution is 0.0641. The molecule has 2 heterocycles. The zero-order chi connectivity index (χ0) is 25.5. The maximum absolute atomic E-state index is 12.8. The Balaban J connectivity index is 1.39. The standard InChI is InChI=1S/C27H36N6O3/c1-18-10-11-20(36-13-7-12-27(2,3)35)15-21(18)22-16-23(29-17-28-22)31-26(34)25-30-24(32-33-25)14-19-8-5-4-6-9-19/h10-11,15-17,19,35H,4-9,12-14H2,1-3H3,(H,30,32,33)(H,28,29,31,34). The number of benzene rings is 1. The van der Waals surface area contributed by atoms with Crippen LogP contribution in [0.1, 0.15) is 80.8 Å². The van der Waals surface area contributed by atoms with E-state index in [1.807, 2.05) is 25.1 Å². The summed E-state index contributed by atoms with van der Waals surface area (Å²) in [5.41, 5.74) is 1.89. The normalized spacial score (nSPS) is 14.6. The van der Waals surface area contributed by atoms with Gasteiger partial charge in [0.05, 0.1) is 17.9 Å². The van der Waals surface area contributed by atoms with Crippen molar-refractivity contribution in [3.8, 4) is 17.0 Å². The maximum Gasteiger partial charge on any atom is 0.294 e. The Morgan fingerprint density at radius 3 is 2.75 bits per heavy atom. The molecule has 2 aromatic heterocycles. The first-order valence-corrected chi connectivity index (χ1v) is 12.8. The van der Waals surface area contributed by atoms with E-state index in [0.717, 1.165) is 35.5 Å². The van der Waals surface area contributed by atoms with Gasteiger partial charge in [-0.2, -0.15) is 0 Å². The molecule has 36 heavy (non-hydrogen) atoms. The number of H-pyrrole nitrogens is 1. The highest BCUT2D eigenvalue weighted by molar-refractivity contribution is 6.01. The molecule has 3 aromatic rings. The zero-order valence-corrected chi connectivity index (χ0v) is 21.4. The highest BCUT2D eigenvalue weighted by Crippen LogP contribution is 2.28. The number of amides is 1. The van der Waals surface area contributed by atoms with Gasteiger partial charge in [0.25, 0.3) is 5.91 Å². The van der Waals surface area contributed by atoms with Crippen molar-refractivity contribution in [2.75, 3.05) is 11.9 Å². The fourth-order valence-corrected chi connectivity index (χ4v) is 4.57. The third-order valence-corrected chi connectivity index (χ3v) is 6.55. The Morgan fingerprint density at radius 1 is 1.17 bits per heavy atom. The number of aliphatic hydroxyl groups is 1. The number of anilines is 1. The second-order valence-electron chi connectivity index (χ2n) is 10.3. The Hall–Kier alpha value is -3.33. The van der Waals surface area contributed by atoms with Crippen LogP contribution in [0.2, 0.25) is 0 Å². The molecule has 1 fully saturated rings. The predicted molar refractivity (Wildman–Crippen MR) is 138 cm³/mol. The van der Waals surface area contributed by atoms with Gasteiger partial charge in [0.2, 0.25) is 5.82 Å². The largest absolute Gasteiger partial charge is 0.494 e. The third kappa shape index (κ3) is 7.34. The van der Waals surface area contributed by atoms with Crippen molar-refractivity contribution < 1.29 is 14.6 Å². The number of aromatic amines is 1. The molecule has 0 aliphatic heterocycles. The molecule has 4 rings (SSSR count).